The van der Waals surface area contributed by atoms with Crippen LogP contribution >= 0.6 is 16.1 Å². The number of amides is 1. The van der Waals surface area contributed by atoms with Gasteiger partial charge in [0, 0.05) is 0 Å². The number of carbonyl (C=O) groups excluding carboxylic acids is 2. The molecule has 1 amide bonds. The van der Waals surface area contributed by atoms with Crippen LogP contribution in [0, 0.1) is 0 Å². The van der Waals surface area contributed by atoms with Crippen molar-refractivity contribution >= 4 is 39.4 Å². The summed E-state index contributed by atoms with van der Waals surface area (Å²) in [5.74, 6) is -0.954. The Hall–Kier alpha value is -1.82. The molecular weight excluding hydrogens is 288 g/mol. The molecule has 1 N–H and O–H groups in total. The zero-order valence-corrected chi connectivity index (χ0v) is 10.5. The molecule has 2 rings (SSSR count). The topological polar surface area (TPSA) is 58.6 Å². The molecule has 6 heteroatoms. The zero-order chi connectivity index (χ0) is 12.4. The lowest BCUT2D eigenvalue weighted by Crippen LogP contribution is -2.30. The molecule has 1 aromatic carbocycles. The molecule has 0 fully saturated rings. The van der Waals surface area contributed by atoms with Gasteiger partial charge in [-0.1, -0.05) is 12.1 Å². The van der Waals surface area contributed by atoms with Gasteiger partial charge >= 0.3 is 5.97 Å². The van der Waals surface area contributed by atoms with Crippen LogP contribution in [0.3, 0.4) is 0 Å². The highest BCUT2D eigenvalue weighted by Gasteiger charge is 2.26. The molecule has 0 aliphatic carbocycles. The molecule has 0 spiro atoms. The smallest absolute Gasteiger partial charge is 0.332 e. The van der Waals surface area contributed by atoms with Crippen molar-refractivity contribution < 1.29 is 14.3 Å². The number of esters is 1. The summed E-state index contributed by atoms with van der Waals surface area (Å²) in [7, 11) is 1.26. The number of methoxy groups -OCH3 is 1. The number of nitrogens with zero attached hydrogens (tertiary/aromatic N) is 1. The molecule has 0 aromatic heterocycles. The molecule has 0 saturated heterocycles. The Balaban J connectivity index is 2.43. The van der Waals surface area contributed by atoms with Gasteiger partial charge in [-0.2, -0.15) is 0 Å². The van der Waals surface area contributed by atoms with Crippen LogP contribution in [0.1, 0.15) is 0 Å². The summed E-state index contributed by atoms with van der Waals surface area (Å²) in [6.45, 7) is 0. The summed E-state index contributed by atoms with van der Waals surface area (Å²) in [5, 5.41) is 2.68. The van der Waals surface area contributed by atoms with E-state index in [0.29, 0.717) is 5.69 Å². The van der Waals surface area contributed by atoms with Gasteiger partial charge in [0.25, 0.3) is 5.91 Å². The Morgan fingerprint density at radius 3 is 2.88 bits per heavy atom. The Kier molecular flexibility index (Phi) is 3.14. The Bertz CT molecular complexity index is 513. The first-order chi connectivity index (χ1) is 8.13. The number of ether oxygens (including phenoxy) is 1. The molecule has 5 nitrogen and oxygen atoms in total. The van der Waals surface area contributed by atoms with E-state index in [1.54, 1.807) is 6.07 Å². The van der Waals surface area contributed by atoms with Crippen LogP contribution in [0.15, 0.2) is 36.0 Å². The van der Waals surface area contributed by atoms with Crippen LogP contribution in [0.2, 0.25) is 0 Å². The monoisotopic (exact) mass is 296 g/mol. The third kappa shape index (κ3) is 2.16. The molecule has 17 heavy (non-hydrogen) atoms. The molecule has 1 aliphatic heterocycles. The first-order valence-electron chi connectivity index (χ1n) is 4.79. The SMILES string of the molecule is COC(=O)/C=C1/C(=O)Nc2ccccc2N1Br. The fraction of sp³-hybridized carbons (Fsp3) is 0.0909. The fourth-order valence-corrected chi connectivity index (χ4v) is 2.02. The highest BCUT2D eigenvalue weighted by atomic mass is 79.9. The average molecular weight is 297 g/mol. The summed E-state index contributed by atoms with van der Waals surface area (Å²) in [5.41, 5.74) is 1.61. The summed E-state index contributed by atoms with van der Waals surface area (Å²) in [4.78, 5) is 22.9. The Morgan fingerprint density at radius 1 is 1.47 bits per heavy atom. The van der Waals surface area contributed by atoms with E-state index >= 15 is 0 Å². The highest BCUT2D eigenvalue weighted by Crippen LogP contribution is 2.35. The summed E-state index contributed by atoms with van der Waals surface area (Å²) >= 11 is 3.25. The molecule has 1 aliphatic rings. The van der Waals surface area contributed by atoms with E-state index in [2.05, 4.69) is 26.2 Å². The lowest BCUT2D eigenvalue weighted by molar-refractivity contribution is -0.135. The van der Waals surface area contributed by atoms with E-state index in [4.69, 9.17) is 0 Å². The Labute approximate surface area is 106 Å². The van der Waals surface area contributed by atoms with Gasteiger partial charge in [-0.15, -0.1) is 0 Å². The van der Waals surface area contributed by atoms with E-state index in [9.17, 15) is 9.59 Å². The normalized spacial score (nSPS) is 16.5. The molecule has 1 aromatic rings. The second-order valence-corrected chi connectivity index (χ2v) is 4.01. The van der Waals surface area contributed by atoms with Crippen LogP contribution < -0.4 is 9.24 Å². The van der Waals surface area contributed by atoms with Crippen LogP contribution in [-0.4, -0.2) is 19.0 Å². The van der Waals surface area contributed by atoms with Gasteiger partial charge in [-0.3, -0.25) is 8.72 Å². The summed E-state index contributed by atoms with van der Waals surface area (Å²) in [6.07, 6.45) is 1.13. The van der Waals surface area contributed by atoms with Gasteiger partial charge < -0.3 is 10.1 Å². The minimum atomic E-state index is -0.584. The predicted octanol–water partition coefficient (Wildman–Crippen LogP) is 1.81. The third-order valence-electron chi connectivity index (χ3n) is 2.26. The first kappa shape index (κ1) is 11.7. The van der Waals surface area contributed by atoms with Gasteiger partial charge in [-0.25, -0.2) is 4.79 Å². The maximum Gasteiger partial charge on any atom is 0.332 e. The average Bonchev–Trinajstić information content (AvgIpc) is 2.34. The van der Waals surface area contributed by atoms with Gasteiger partial charge in [0.1, 0.15) is 5.70 Å². The maximum atomic E-state index is 11.8. The minimum absolute atomic E-state index is 0.176. The molecular formula is C11H9BrN2O3. The van der Waals surface area contributed by atoms with Crippen molar-refractivity contribution in [3.8, 4) is 0 Å². The lowest BCUT2D eigenvalue weighted by Gasteiger charge is -2.27. The van der Waals surface area contributed by atoms with Crippen LogP contribution in [0.4, 0.5) is 11.4 Å². The van der Waals surface area contributed by atoms with E-state index in [-0.39, 0.29) is 11.6 Å². The van der Waals surface area contributed by atoms with Gasteiger partial charge in [0.2, 0.25) is 0 Å². The number of benzene rings is 1. The molecule has 0 saturated carbocycles. The van der Waals surface area contributed by atoms with Crippen molar-refractivity contribution in [3.05, 3.63) is 36.0 Å². The van der Waals surface area contributed by atoms with Gasteiger partial charge in [0.15, 0.2) is 0 Å². The number of hydrogen-bond donors (Lipinski definition) is 1. The number of carbonyl (C=O) groups is 2. The van der Waals surface area contributed by atoms with Crippen molar-refractivity contribution in [2.45, 2.75) is 0 Å². The largest absolute Gasteiger partial charge is 0.466 e. The number of hydrogen-bond acceptors (Lipinski definition) is 4. The fourth-order valence-electron chi connectivity index (χ4n) is 1.45. The number of para-hydroxylation sites is 2. The van der Waals surface area contributed by atoms with E-state index in [1.165, 1.54) is 11.0 Å². The number of fused-ring (bicyclic) bond motifs is 1. The van der Waals surface area contributed by atoms with Crippen LogP contribution in [-0.2, 0) is 14.3 Å². The Morgan fingerprint density at radius 2 is 2.18 bits per heavy atom. The molecule has 0 radical (unpaired) electrons. The third-order valence-corrected chi connectivity index (χ3v) is 3.03. The van der Waals surface area contributed by atoms with Crippen molar-refractivity contribution in [1.82, 2.24) is 0 Å². The first-order valence-corrected chi connectivity index (χ1v) is 5.50. The highest BCUT2D eigenvalue weighted by molar-refractivity contribution is 9.10. The molecule has 0 unspecified atom stereocenters. The minimum Gasteiger partial charge on any atom is -0.466 e. The van der Waals surface area contributed by atoms with E-state index in [0.717, 1.165) is 11.8 Å². The lowest BCUT2D eigenvalue weighted by atomic mass is 10.2. The van der Waals surface area contributed by atoms with E-state index in [1.807, 2.05) is 18.2 Å². The second-order valence-electron chi connectivity index (χ2n) is 3.30. The summed E-state index contributed by atoms with van der Waals surface area (Å²) in [6, 6.07) is 7.24. The number of nitrogens with one attached hydrogen (secondary N) is 1. The van der Waals surface area contributed by atoms with E-state index < -0.39 is 5.97 Å². The standard InChI is InChI=1S/C11H9BrN2O3/c1-17-10(15)6-9-11(16)13-7-4-2-3-5-8(7)14(9)12/h2-6H,1H3,(H,13,16)/b9-6-. The molecule has 0 atom stereocenters. The van der Waals surface area contributed by atoms with Gasteiger partial charge in [-0.05, 0) is 12.1 Å². The zero-order valence-electron chi connectivity index (χ0n) is 8.94. The second kappa shape index (κ2) is 4.58. The van der Waals surface area contributed by atoms with Crippen molar-refractivity contribution in [2.24, 2.45) is 0 Å². The number of halogens is 1. The predicted molar refractivity (Wildman–Crippen MR) is 66.6 cm³/mol. The van der Waals surface area contributed by atoms with Crippen molar-refractivity contribution in [3.63, 3.8) is 0 Å². The van der Waals surface area contributed by atoms with Gasteiger partial charge in [0.05, 0.1) is 40.7 Å². The van der Waals surface area contributed by atoms with Crippen molar-refractivity contribution in [2.75, 3.05) is 16.4 Å². The van der Waals surface area contributed by atoms with Crippen molar-refractivity contribution in [1.29, 1.82) is 0 Å². The van der Waals surface area contributed by atoms with Crippen LogP contribution in [0.5, 0.6) is 0 Å². The summed E-state index contributed by atoms with van der Waals surface area (Å²) < 4.78 is 5.97. The quantitative estimate of drug-likeness (QED) is 0.488. The molecule has 88 valence electrons. The van der Waals surface area contributed by atoms with Crippen LogP contribution in [0.25, 0.3) is 0 Å². The molecule has 1 heterocycles. The number of anilines is 2. The molecule has 0 bridgehead atoms. The number of rotatable bonds is 1. The maximum absolute atomic E-state index is 11.8.